The molecule has 0 radical (unpaired) electrons. The fraction of sp³-hybridized carbons (Fsp3) is 0.633. The van der Waals surface area contributed by atoms with E-state index in [0.29, 0.717) is 12.8 Å². The average molecular weight is 891 g/mol. The van der Waals surface area contributed by atoms with E-state index in [0.717, 1.165) is 103 Å². The van der Waals surface area contributed by atoms with Crippen molar-refractivity contribution in [3.8, 4) is 0 Å². The molecule has 4 N–H and O–H groups in total. The van der Waals surface area contributed by atoms with E-state index >= 15 is 0 Å². The minimum Gasteiger partial charge on any atom is -0.462 e. The van der Waals surface area contributed by atoms with Crippen LogP contribution in [0.1, 0.15) is 142 Å². The van der Waals surface area contributed by atoms with Crippen molar-refractivity contribution in [3.63, 3.8) is 0 Å². The molecule has 1 aliphatic rings. The molecule has 1 aliphatic heterocycles. The highest BCUT2D eigenvalue weighted by molar-refractivity contribution is 7.85. The van der Waals surface area contributed by atoms with Crippen LogP contribution in [0.3, 0.4) is 0 Å². The number of esters is 2. The summed E-state index contributed by atoms with van der Waals surface area (Å²) in [5.74, 6) is -2.06. The van der Waals surface area contributed by atoms with Gasteiger partial charge in [0.1, 0.15) is 36.8 Å². The van der Waals surface area contributed by atoms with E-state index < -0.39 is 71.2 Å². The number of aliphatic hydroxyl groups is 3. The highest BCUT2D eigenvalue weighted by atomic mass is 32.2. The Balaban J connectivity index is 2.48. The highest BCUT2D eigenvalue weighted by Gasteiger charge is 2.46. The normalized spacial score (nSPS) is 20.8. The molecule has 2 unspecified atom stereocenters. The second-order valence-corrected chi connectivity index (χ2v) is 16.8. The van der Waals surface area contributed by atoms with Gasteiger partial charge in [0.05, 0.1) is 6.61 Å². The van der Waals surface area contributed by atoms with Gasteiger partial charge in [-0.3, -0.25) is 14.1 Å². The lowest BCUT2D eigenvalue weighted by Crippen LogP contribution is -2.60. The van der Waals surface area contributed by atoms with Crippen LogP contribution in [0, 0.1) is 0 Å². The van der Waals surface area contributed by atoms with Crippen LogP contribution in [0.15, 0.2) is 97.2 Å². The Hall–Kier alpha value is -3.43. The standard InChI is InChI=1S/C49H78O12S/c1-3-5-7-9-11-13-15-17-19-20-21-22-24-25-27-29-31-33-35-37-44(50)58-39-42(40-59-49-48(54)47(53)46(52)43(61-49)41-62(55,56)57)60-45(51)38-36-34-32-30-28-26-23-18-16-14-12-10-8-6-4-2/h5-8,11-14,17-19,21-23,25,27,42-43,46-49,52-54H,3-4,9-10,15-16,20,24,26,28-41H2,1-2H3,(H,55,56,57)/b7-5+,8-6+,13-11+,14-12+,19-17+,22-21+,23-18+,27-25+/t42-,43-,46-,47?,48?,49+/m1/s1. The van der Waals surface area contributed by atoms with Gasteiger partial charge >= 0.3 is 11.9 Å². The average Bonchev–Trinajstić information content (AvgIpc) is 3.24. The number of allylic oxidation sites excluding steroid dienone is 16. The van der Waals surface area contributed by atoms with E-state index in [-0.39, 0.29) is 19.4 Å². The first-order valence-corrected chi connectivity index (χ1v) is 24.4. The van der Waals surface area contributed by atoms with Gasteiger partial charge in [0.25, 0.3) is 10.1 Å². The van der Waals surface area contributed by atoms with Crippen LogP contribution < -0.4 is 0 Å². The largest absolute Gasteiger partial charge is 0.462 e. The van der Waals surface area contributed by atoms with E-state index in [1.807, 2.05) is 0 Å². The van der Waals surface area contributed by atoms with Crippen molar-refractivity contribution in [2.75, 3.05) is 19.0 Å². The second kappa shape index (κ2) is 38.1. The van der Waals surface area contributed by atoms with Crippen molar-refractivity contribution in [2.24, 2.45) is 0 Å². The van der Waals surface area contributed by atoms with E-state index in [9.17, 15) is 37.9 Å². The summed E-state index contributed by atoms with van der Waals surface area (Å²) in [7, 11) is -4.62. The Bertz CT molecular complexity index is 1510. The summed E-state index contributed by atoms with van der Waals surface area (Å²) >= 11 is 0. The lowest BCUT2D eigenvalue weighted by atomic mass is 10.00. The molecule has 352 valence electrons. The van der Waals surface area contributed by atoms with Gasteiger partial charge in [-0.15, -0.1) is 0 Å². The van der Waals surface area contributed by atoms with Crippen LogP contribution in [0.2, 0.25) is 0 Å². The third-order valence-corrected chi connectivity index (χ3v) is 10.4. The maximum atomic E-state index is 12.8. The fourth-order valence-corrected chi connectivity index (χ4v) is 6.88. The summed E-state index contributed by atoms with van der Waals surface area (Å²) in [6.45, 7) is 3.47. The number of ether oxygens (including phenoxy) is 4. The van der Waals surface area contributed by atoms with Gasteiger partial charge in [0, 0.05) is 12.8 Å². The van der Waals surface area contributed by atoms with Crippen LogP contribution in [0.25, 0.3) is 0 Å². The van der Waals surface area contributed by atoms with Gasteiger partial charge in [0.15, 0.2) is 12.4 Å². The predicted octanol–water partition coefficient (Wildman–Crippen LogP) is 9.44. The van der Waals surface area contributed by atoms with Crippen molar-refractivity contribution < 1.29 is 56.8 Å². The summed E-state index contributed by atoms with van der Waals surface area (Å²) in [6.07, 6.45) is 41.6. The van der Waals surface area contributed by atoms with Crippen LogP contribution in [-0.2, 0) is 38.7 Å². The molecule has 0 aliphatic carbocycles. The first-order valence-electron chi connectivity index (χ1n) is 22.8. The molecule has 1 rings (SSSR count). The van der Waals surface area contributed by atoms with Crippen LogP contribution in [0.5, 0.6) is 0 Å². The topological polar surface area (TPSA) is 186 Å². The van der Waals surface area contributed by atoms with Crippen molar-refractivity contribution in [3.05, 3.63) is 97.2 Å². The zero-order valence-corrected chi connectivity index (χ0v) is 38.2. The molecule has 0 aromatic carbocycles. The Morgan fingerprint density at radius 3 is 1.45 bits per heavy atom. The molecule has 0 saturated carbocycles. The highest BCUT2D eigenvalue weighted by Crippen LogP contribution is 2.24. The van der Waals surface area contributed by atoms with Gasteiger partial charge in [-0.2, -0.15) is 8.42 Å². The molecule has 0 amide bonds. The lowest BCUT2D eigenvalue weighted by Gasteiger charge is -2.40. The maximum absolute atomic E-state index is 12.8. The Morgan fingerprint density at radius 1 is 0.548 bits per heavy atom. The van der Waals surface area contributed by atoms with E-state index in [2.05, 4.69) is 111 Å². The SMILES string of the molecule is CC/C=C/C/C=C/C/C=C/C/C=C/C/C=C/CCCCCC(=O)OC[C@H](CO[C@H]1O[C@H](CS(=O)(=O)O)[C@@H](O)C(O)C1O)OC(=O)CCCCCCC/C=C/C/C=C/C/C=C/CC. The third kappa shape index (κ3) is 32.3. The number of rotatable bonds is 36. The fourth-order valence-electron chi connectivity index (χ4n) is 6.19. The van der Waals surface area contributed by atoms with E-state index in [1.54, 1.807) is 0 Å². The van der Waals surface area contributed by atoms with Gasteiger partial charge in [-0.05, 0) is 89.9 Å². The molecule has 0 aromatic heterocycles. The van der Waals surface area contributed by atoms with Gasteiger partial charge in [0.2, 0.25) is 0 Å². The zero-order valence-electron chi connectivity index (χ0n) is 37.4. The van der Waals surface area contributed by atoms with Gasteiger partial charge < -0.3 is 34.3 Å². The van der Waals surface area contributed by atoms with E-state index in [4.69, 9.17) is 18.9 Å². The van der Waals surface area contributed by atoms with E-state index in [1.165, 1.54) is 0 Å². The molecule has 1 saturated heterocycles. The summed E-state index contributed by atoms with van der Waals surface area (Å²) < 4.78 is 54.0. The maximum Gasteiger partial charge on any atom is 0.306 e. The minimum absolute atomic E-state index is 0.131. The summed E-state index contributed by atoms with van der Waals surface area (Å²) in [5, 5.41) is 30.9. The summed E-state index contributed by atoms with van der Waals surface area (Å²) in [5.41, 5.74) is 0. The molecule has 0 spiro atoms. The first-order chi connectivity index (χ1) is 30.0. The summed E-state index contributed by atoms with van der Waals surface area (Å²) in [6, 6.07) is 0. The molecular weight excluding hydrogens is 813 g/mol. The lowest BCUT2D eigenvalue weighted by molar-refractivity contribution is -0.297. The number of hydrogen-bond acceptors (Lipinski definition) is 11. The van der Waals surface area contributed by atoms with Crippen molar-refractivity contribution in [1.29, 1.82) is 0 Å². The van der Waals surface area contributed by atoms with Crippen molar-refractivity contribution >= 4 is 22.1 Å². The molecule has 0 aromatic rings. The molecule has 0 bridgehead atoms. The van der Waals surface area contributed by atoms with Crippen LogP contribution in [-0.4, -0.2) is 96.0 Å². The Labute approximate surface area is 373 Å². The quantitative estimate of drug-likeness (QED) is 0.0202. The summed E-state index contributed by atoms with van der Waals surface area (Å²) in [4.78, 5) is 25.4. The molecule has 6 atom stereocenters. The minimum atomic E-state index is -4.62. The predicted molar refractivity (Wildman–Crippen MR) is 247 cm³/mol. The first kappa shape index (κ1) is 56.6. The molecule has 62 heavy (non-hydrogen) atoms. The number of aliphatic hydroxyl groups excluding tert-OH is 3. The molecule has 1 fully saturated rings. The molecular formula is C49H78O12S. The van der Waals surface area contributed by atoms with Gasteiger partial charge in [-0.1, -0.05) is 137 Å². The van der Waals surface area contributed by atoms with Crippen LogP contribution >= 0.6 is 0 Å². The Kier molecular flexibility index (Phi) is 34.7. The van der Waals surface area contributed by atoms with Gasteiger partial charge in [-0.25, -0.2) is 0 Å². The number of carbonyl (C=O) groups excluding carboxylic acids is 2. The second-order valence-electron chi connectivity index (χ2n) is 15.3. The molecule has 13 heteroatoms. The van der Waals surface area contributed by atoms with Crippen LogP contribution in [0.4, 0.5) is 0 Å². The monoisotopic (exact) mass is 891 g/mol. The molecule has 1 heterocycles. The number of hydrogen-bond donors (Lipinski definition) is 4. The number of carbonyl (C=O) groups is 2. The van der Waals surface area contributed by atoms with Crippen molar-refractivity contribution in [1.82, 2.24) is 0 Å². The third-order valence-electron chi connectivity index (χ3n) is 9.66. The zero-order chi connectivity index (χ0) is 45.5. The smallest absolute Gasteiger partial charge is 0.306 e. The molecule has 12 nitrogen and oxygen atoms in total. The van der Waals surface area contributed by atoms with Crippen molar-refractivity contribution in [2.45, 2.75) is 179 Å². The Morgan fingerprint density at radius 2 is 0.968 bits per heavy atom. The number of unbranched alkanes of at least 4 members (excludes halogenated alkanes) is 8.